The number of hydrogen-bond donors (Lipinski definition) is 2. The molecular formula is C14H19NO4. The van der Waals surface area contributed by atoms with Crippen molar-refractivity contribution in [3.63, 3.8) is 0 Å². The van der Waals surface area contributed by atoms with Crippen molar-refractivity contribution in [3.05, 3.63) is 29.3 Å². The minimum absolute atomic E-state index is 0.0330. The van der Waals surface area contributed by atoms with E-state index in [0.29, 0.717) is 17.7 Å². The molecule has 1 aromatic rings. The molecule has 0 aliphatic heterocycles. The number of rotatable bonds is 5. The van der Waals surface area contributed by atoms with E-state index in [1.165, 1.54) is 11.0 Å². The predicted molar refractivity (Wildman–Crippen MR) is 71.2 cm³/mol. The third-order valence-corrected chi connectivity index (χ3v) is 2.65. The largest absolute Gasteiger partial charge is 0.508 e. The average Bonchev–Trinajstić information content (AvgIpc) is 2.29. The summed E-state index contributed by atoms with van der Waals surface area (Å²) in [5.74, 6) is -1.23. The summed E-state index contributed by atoms with van der Waals surface area (Å²) in [5.41, 5.74) is 0.968. The smallest absolute Gasteiger partial charge is 0.323 e. The SMILES string of the molecule is Cc1ccc(C(=O)N(CC(=O)O)CC(C)C)cc1O. The lowest BCUT2D eigenvalue weighted by molar-refractivity contribution is -0.137. The molecule has 0 saturated carbocycles. The van der Waals surface area contributed by atoms with E-state index in [9.17, 15) is 14.7 Å². The van der Waals surface area contributed by atoms with Crippen molar-refractivity contribution in [2.75, 3.05) is 13.1 Å². The summed E-state index contributed by atoms with van der Waals surface area (Å²) in [6.45, 7) is 5.57. The number of carbonyl (C=O) groups is 2. The molecule has 104 valence electrons. The van der Waals surface area contributed by atoms with Crippen LogP contribution in [0.1, 0.15) is 29.8 Å². The lowest BCUT2D eigenvalue weighted by Gasteiger charge is -2.23. The Morgan fingerprint density at radius 3 is 2.42 bits per heavy atom. The number of nitrogens with zero attached hydrogens (tertiary/aromatic N) is 1. The molecule has 1 rings (SSSR count). The van der Waals surface area contributed by atoms with E-state index in [2.05, 4.69) is 0 Å². The van der Waals surface area contributed by atoms with Crippen molar-refractivity contribution >= 4 is 11.9 Å². The zero-order chi connectivity index (χ0) is 14.6. The molecular weight excluding hydrogens is 246 g/mol. The van der Waals surface area contributed by atoms with Gasteiger partial charge in [-0.15, -0.1) is 0 Å². The van der Waals surface area contributed by atoms with Gasteiger partial charge in [-0.2, -0.15) is 0 Å². The van der Waals surface area contributed by atoms with Crippen molar-refractivity contribution < 1.29 is 19.8 Å². The molecule has 0 fully saturated rings. The van der Waals surface area contributed by atoms with Gasteiger partial charge in [0.25, 0.3) is 5.91 Å². The number of carboxylic acid groups (broad SMARTS) is 1. The molecule has 5 nitrogen and oxygen atoms in total. The number of carboxylic acids is 1. The Kier molecular flexibility index (Phi) is 4.92. The van der Waals surface area contributed by atoms with Crippen LogP contribution in [0, 0.1) is 12.8 Å². The number of amides is 1. The molecule has 0 bridgehead atoms. The maximum Gasteiger partial charge on any atom is 0.323 e. The number of benzene rings is 1. The Morgan fingerprint density at radius 2 is 1.95 bits per heavy atom. The van der Waals surface area contributed by atoms with Crippen LogP contribution in [-0.2, 0) is 4.79 Å². The minimum atomic E-state index is -1.05. The van der Waals surface area contributed by atoms with Gasteiger partial charge < -0.3 is 15.1 Å². The van der Waals surface area contributed by atoms with E-state index in [1.54, 1.807) is 19.1 Å². The number of aromatic hydroxyl groups is 1. The molecule has 2 N–H and O–H groups in total. The van der Waals surface area contributed by atoms with Gasteiger partial charge in [-0.05, 0) is 30.5 Å². The summed E-state index contributed by atoms with van der Waals surface area (Å²) in [5, 5.41) is 18.5. The molecule has 0 spiro atoms. The van der Waals surface area contributed by atoms with Gasteiger partial charge in [-0.1, -0.05) is 19.9 Å². The Labute approximate surface area is 112 Å². The van der Waals surface area contributed by atoms with Gasteiger partial charge in [-0.25, -0.2) is 0 Å². The van der Waals surface area contributed by atoms with Crippen LogP contribution >= 0.6 is 0 Å². The van der Waals surface area contributed by atoms with Crippen LogP contribution < -0.4 is 0 Å². The number of carbonyl (C=O) groups excluding carboxylic acids is 1. The zero-order valence-electron chi connectivity index (χ0n) is 11.4. The average molecular weight is 265 g/mol. The first-order chi connectivity index (χ1) is 8.81. The van der Waals surface area contributed by atoms with E-state index < -0.39 is 5.97 Å². The van der Waals surface area contributed by atoms with E-state index in [0.717, 1.165) is 0 Å². The molecule has 0 radical (unpaired) electrons. The van der Waals surface area contributed by atoms with Gasteiger partial charge in [0.1, 0.15) is 12.3 Å². The first-order valence-corrected chi connectivity index (χ1v) is 6.12. The number of phenols is 1. The van der Waals surface area contributed by atoms with E-state index in [1.807, 2.05) is 13.8 Å². The van der Waals surface area contributed by atoms with Gasteiger partial charge >= 0.3 is 5.97 Å². The molecule has 0 unspecified atom stereocenters. The Morgan fingerprint density at radius 1 is 1.32 bits per heavy atom. The topological polar surface area (TPSA) is 77.8 Å². The molecule has 0 aromatic heterocycles. The second kappa shape index (κ2) is 6.22. The van der Waals surface area contributed by atoms with Crippen molar-refractivity contribution in [3.8, 4) is 5.75 Å². The maximum atomic E-state index is 12.2. The highest BCUT2D eigenvalue weighted by Crippen LogP contribution is 2.19. The second-order valence-corrected chi connectivity index (χ2v) is 4.97. The Hall–Kier alpha value is -2.04. The monoisotopic (exact) mass is 265 g/mol. The highest BCUT2D eigenvalue weighted by molar-refractivity contribution is 5.96. The van der Waals surface area contributed by atoms with Gasteiger partial charge in [0.15, 0.2) is 0 Å². The molecule has 0 aliphatic rings. The van der Waals surface area contributed by atoms with Gasteiger partial charge in [-0.3, -0.25) is 9.59 Å². The number of hydrogen-bond acceptors (Lipinski definition) is 3. The van der Waals surface area contributed by atoms with Crippen LogP contribution in [0.2, 0.25) is 0 Å². The molecule has 5 heteroatoms. The quantitative estimate of drug-likeness (QED) is 0.852. The normalized spacial score (nSPS) is 10.5. The van der Waals surface area contributed by atoms with Crippen LogP contribution in [0.15, 0.2) is 18.2 Å². The third kappa shape index (κ3) is 4.28. The Bertz CT molecular complexity index is 482. The summed E-state index contributed by atoms with van der Waals surface area (Å²) in [7, 11) is 0. The van der Waals surface area contributed by atoms with Crippen LogP contribution in [0.5, 0.6) is 5.75 Å². The lowest BCUT2D eigenvalue weighted by atomic mass is 10.1. The predicted octanol–water partition coefficient (Wildman–Crippen LogP) is 1.88. The molecule has 1 amide bonds. The van der Waals surface area contributed by atoms with Gasteiger partial charge in [0.05, 0.1) is 0 Å². The minimum Gasteiger partial charge on any atom is -0.508 e. The van der Waals surface area contributed by atoms with Crippen molar-refractivity contribution in [1.29, 1.82) is 0 Å². The summed E-state index contributed by atoms with van der Waals surface area (Å²) in [6.07, 6.45) is 0. The molecule has 0 saturated heterocycles. The van der Waals surface area contributed by atoms with Crippen LogP contribution in [0.4, 0.5) is 0 Å². The first-order valence-electron chi connectivity index (χ1n) is 6.12. The number of aryl methyl sites for hydroxylation is 1. The number of aliphatic carboxylic acids is 1. The van der Waals surface area contributed by atoms with E-state index in [-0.39, 0.29) is 24.1 Å². The van der Waals surface area contributed by atoms with Crippen LogP contribution in [-0.4, -0.2) is 40.1 Å². The van der Waals surface area contributed by atoms with Crippen molar-refractivity contribution in [2.45, 2.75) is 20.8 Å². The zero-order valence-corrected chi connectivity index (χ0v) is 11.4. The van der Waals surface area contributed by atoms with Crippen molar-refractivity contribution in [1.82, 2.24) is 4.90 Å². The maximum absolute atomic E-state index is 12.2. The van der Waals surface area contributed by atoms with Crippen LogP contribution in [0.25, 0.3) is 0 Å². The lowest BCUT2D eigenvalue weighted by Crippen LogP contribution is -2.38. The molecule has 0 aliphatic carbocycles. The molecule has 19 heavy (non-hydrogen) atoms. The summed E-state index contributed by atoms with van der Waals surface area (Å²) >= 11 is 0. The fourth-order valence-electron chi connectivity index (χ4n) is 1.75. The first kappa shape index (κ1) is 15.0. The fourth-order valence-corrected chi connectivity index (χ4v) is 1.75. The summed E-state index contributed by atoms with van der Waals surface area (Å²) < 4.78 is 0. The molecule has 1 aromatic carbocycles. The molecule has 0 heterocycles. The van der Waals surface area contributed by atoms with Gasteiger partial charge in [0, 0.05) is 12.1 Å². The highest BCUT2D eigenvalue weighted by Gasteiger charge is 2.20. The summed E-state index contributed by atoms with van der Waals surface area (Å²) in [6, 6.07) is 4.59. The molecule has 0 atom stereocenters. The second-order valence-electron chi connectivity index (χ2n) is 4.97. The highest BCUT2D eigenvalue weighted by atomic mass is 16.4. The van der Waals surface area contributed by atoms with E-state index >= 15 is 0 Å². The fraction of sp³-hybridized carbons (Fsp3) is 0.429. The standard InChI is InChI=1S/C14H19NO4/c1-9(2)7-15(8-13(17)18)14(19)11-5-4-10(3)12(16)6-11/h4-6,9,16H,7-8H2,1-3H3,(H,17,18). The van der Waals surface area contributed by atoms with Crippen LogP contribution in [0.3, 0.4) is 0 Å². The van der Waals surface area contributed by atoms with Gasteiger partial charge in [0.2, 0.25) is 0 Å². The van der Waals surface area contributed by atoms with E-state index in [4.69, 9.17) is 5.11 Å². The van der Waals surface area contributed by atoms with Crippen molar-refractivity contribution in [2.24, 2.45) is 5.92 Å². The number of phenolic OH excluding ortho intramolecular Hbond substituents is 1. The third-order valence-electron chi connectivity index (χ3n) is 2.65. The summed E-state index contributed by atoms with van der Waals surface area (Å²) in [4.78, 5) is 24.3. The Balaban J connectivity index is 2.97.